The highest BCUT2D eigenvalue weighted by Crippen LogP contribution is 2.03. The van der Waals surface area contributed by atoms with E-state index in [1.54, 1.807) is 0 Å². The number of hydrogen-bond donors (Lipinski definition) is 4. The third kappa shape index (κ3) is 6.30. The molecule has 0 saturated carbocycles. The lowest BCUT2D eigenvalue weighted by molar-refractivity contribution is -0.139. The zero-order valence-electron chi connectivity index (χ0n) is 6.36. The lowest BCUT2D eigenvalue weighted by atomic mass is 10.2. The number of carboxylic acid groups (broad SMARTS) is 1. The fourth-order valence-electron chi connectivity index (χ4n) is 0.895. The second-order valence-electron chi connectivity index (χ2n) is 2.27. The van der Waals surface area contributed by atoms with E-state index < -0.39 is 14.2 Å². The number of hydrogen-bond acceptors (Lipinski definition) is 3. The van der Waals surface area contributed by atoms with Gasteiger partial charge >= 0.3 is 14.2 Å². The summed E-state index contributed by atoms with van der Waals surface area (Å²) in [7, 11) is -3.13. The Morgan fingerprint density at radius 2 is 2.00 bits per heavy atom. The molecule has 72 valence electrons. The van der Waals surface area contributed by atoms with Crippen LogP contribution in [0.2, 0.25) is 0 Å². The number of nitrogens with one attached hydrogen (secondary N) is 1. The molecule has 7 heteroatoms. The van der Waals surface area contributed by atoms with Gasteiger partial charge < -0.3 is 20.2 Å². The van der Waals surface area contributed by atoms with Crippen LogP contribution in [0.15, 0.2) is 0 Å². The Morgan fingerprint density at radius 3 is 2.17 bits per heavy atom. The largest absolute Gasteiger partial charge is 0.480 e. The van der Waals surface area contributed by atoms with Gasteiger partial charge in [0.05, 0.1) is 0 Å². The Labute approximate surface area is 70.2 Å². The van der Waals surface area contributed by atoms with E-state index in [0.29, 0.717) is 0 Å². The van der Waals surface area contributed by atoms with Crippen molar-refractivity contribution in [2.75, 3.05) is 6.54 Å². The normalized spacial score (nSPS) is 21.8. The standard InChI is InChI=1S/C5H9NO2.H3O3P/c7-5(8)4-2-1-3-6-4;1-4(2)3/h4,6H,1-3H2,(H,7,8);4H,(H2,1,2,3)/t4-;/m0./s1. The average Bonchev–Trinajstić information content (AvgIpc) is 2.34. The maximum Gasteiger partial charge on any atom is 0.320 e. The highest BCUT2D eigenvalue weighted by Gasteiger charge is 2.20. The van der Waals surface area contributed by atoms with Gasteiger partial charge in [0.25, 0.3) is 0 Å². The molecule has 12 heavy (non-hydrogen) atoms. The van der Waals surface area contributed by atoms with Gasteiger partial charge in [0.2, 0.25) is 0 Å². The topological polar surface area (TPSA) is 107 Å². The van der Waals surface area contributed by atoms with E-state index in [1.807, 2.05) is 0 Å². The molecule has 0 unspecified atom stereocenters. The molecule has 1 aliphatic rings. The maximum absolute atomic E-state index is 10.1. The van der Waals surface area contributed by atoms with E-state index in [2.05, 4.69) is 5.32 Å². The zero-order valence-corrected chi connectivity index (χ0v) is 7.36. The van der Waals surface area contributed by atoms with E-state index in [4.69, 9.17) is 19.5 Å². The summed E-state index contributed by atoms with van der Waals surface area (Å²) in [6.07, 6.45) is 1.78. The van der Waals surface area contributed by atoms with Crippen LogP contribution in [0.4, 0.5) is 0 Å². The second kappa shape index (κ2) is 6.14. The van der Waals surface area contributed by atoms with Gasteiger partial charge in [0.15, 0.2) is 0 Å². The van der Waals surface area contributed by atoms with Crippen LogP contribution in [-0.2, 0) is 9.36 Å². The first-order valence-electron chi connectivity index (χ1n) is 3.42. The van der Waals surface area contributed by atoms with E-state index in [9.17, 15) is 4.79 Å². The minimum absolute atomic E-state index is 0.269. The van der Waals surface area contributed by atoms with Crippen LogP contribution >= 0.6 is 8.25 Å². The van der Waals surface area contributed by atoms with Crippen molar-refractivity contribution in [2.45, 2.75) is 18.9 Å². The number of aliphatic carboxylic acids is 1. The van der Waals surface area contributed by atoms with Gasteiger partial charge in [0.1, 0.15) is 6.04 Å². The molecule has 0 aromatic heterocycles. The molecule has 0 aromatic carbocycles. The first-order chi connectivity index (χ1) is 5.54. The predicted molar refractivity (Wildman–Crippen MR) is 42.1 cm³/mol. The third-order valence-corrected chi connectivity index (χ3v) is 1.36. The van der Waals surface area contributed by atoms with Gasteiger partial charge in [-0.05, 0) is 19.4 Å². The van der Waals surface area contributed by atoms with E-state index in [0.717, 1.165) is 19.4 Å². The molecular formula is C5H12NO5P. The minimum atomic E-state index is -3.13. The average molecular weight is 197 g/mol. The fraction of sp³-hybridized carbons (Fsp3) is 0.800. The summed E-state index contributed by atoms with van der Waals surface area (Å²) in [6, 6.07) is -0.269. The molecule has 1 saturated heterocycles. The SMILES string of the molecule is O=C(O)[C@@H]1CCCN1.O=[PH](O)O. The summed E-state index contributed by atoms with van der Waals surface area (Å²) in [5, 5.41) is 11.2. The fourth-order valence-corrected chi connectivity index (χ4v) is 0.895. The molecule has 0 amide bonds. The molecule has 1 aliphatic heterocycles. The molecule has 1 rings (SSSR count). The quantitative estimate of drug-likeness (QED) is 0.409. The lowest BCUT2D eigenvalue weighted by Gasteiger charge is -1.99. The van der Waals surface area contributed by atoms with Gasteiger partial charge in [-0.3, -0.25) is 9.36 Å². The van der Waals surface area contributed by atoms with Gasteiger partial charge in [0, 0.05) is 0 Å². The van der Waals surface area contributed by atoms with Crippen LogP contribution < -0.4 is 5.32 Å². The Hall–Kier alpha value is -0.420. The minimum Gasteiger partial charge on any atom is -0.480 e. The lowest BCUT2D eigenvalue weighted by Crippen LogP contribution is -2.29. The molecule has 0 bridgehead atoms. The molecule has 1 heterocycles. The van der Waals surface area contributed by atoms with E-state index >= 15 is 0 Å². The van der Waals surface area contributed by atoms with Crippen LogP contribution in [0.5, 0.6) is 0 Å². The molecule has 1 fully saturated rings. The third-order valence-electron chi connectivity index (χ3n) is 1.36. The second-order valence-corrected chi connectivity index (χ2v) is 2.83. The smallest absolute Gasteiger partial charge is 0.320 e. The number of rotatable bonds is 1. The molecule has 4 N–H and O–H groups in total. The Bertz CT molecular complexity index is 163. The summed E-state index contributed by atoms with van der Waals surface area (Å²) in [5.74, 6) is -0.720. The highest BCUT2D eigenvalue weighted by molar-refractivity contribution is 7.30. The van der Waals surface area contributed by atoms with Crippen LogP contribution in [0.3, 0.4) is 0 Å². The van der Waals surface area contributed by atoms with Crippen molar-refractivity contribution in [2.24, 2.45) is 0 Å². The Kier molecular flexibility index (Phi) is 5.92. The van der Waals surface area contributed by atoms with Crippen molar-refractivity contribution >= 4 is 14.2 Å². The molecule has 1 atom stereocenters. The summed E-state index contributed by atoms with van der Waals surface area (Å²) in [5.41, 5.74) is 0. The van der Waals surface area contributed by atoms with Gasteiger partial charge in [-0.15, -0.1) is 0 Å². The predicted octanol–water partition coefficient (Wildman–Crippen LogP) is -0.816. The molecule has 0 aromatic rings. The van der Waals surface area contributed by atoms with Crippen molar-refractivity contribution in [3.63, 3.8) is 0 Å². The first-order valence-corrected chi connectivity index (χ1v) is 4.72. The zero-order chi connectivity index (χ0) is 9.56. The Balaban J connectivity index is 0.000000261. The first kappa shape index (κ1) is 11.6. The van der Waals surface area contributed by atoms with Crippen LogP contribution in [0.1, 0.15) is 12.8 Å². The summed E-state index contributed by atoms with van der Waals surface area (Å²) >= 11 is 0. The number of carbonyl (C=O) groups is 1. The Morgan fingerprint density at radius 1 is 1.50 bits per heavy atom. The van der Waals surface area contributed by atoms with Crippen LogP contribution in [0.25, 0.3) is 0 Å². The van der Waals surface area contributed by atoms with Crippen molar-refractivity contribution in [1.29, 1.82) is 0 Å². The maximum atomic E-state index is 10.1. The van der Waals surface area contributed by atoms with Gasteiger partial charge in [-0.25, -0.2) is 0 Å². The van der Waals surface area contributed by atoms with Crippen molar-refractivity contribution in [3.8, 4) is 0 Å². The summed E-state index contributed by atoms with van der Waals surface area (Å²) in [4.78, 5) is 24.5. The molecule has 6 nitrogen and oxygen atoms in total. The van der Waals surface area contributed by atoms with Gasteiger partial charge in [-0.1, -0.05) is 0 Å². The monoisotopic (exact) mass is 197 g/mol. The van der Waals surface area contributed by atoms with E-state index in [-0.39, 0.29) is 6.04 Å². The van der Waals surface area contributed by atoms with Crippen molar-refractivity contribution in [3.05, 3.63) is 0 Å². The van der Waals surface area contributed by atoms with Crippen molar-refractivity contribution < 1.29 is 24.3 Å². The van der Waals surface area contributed by atoms with Gasteiger partial charge in [-0.2, -0.15) is 0 Å². The number of carboxylic acids is 1. The van der Waals surface area contributed by atoms with Crippen molar-refractivity contribution in [1.82, 2.24) is 5.32 Å². The molecular weight excluding hydrogens is 185 g/mol. The van der Waals surface area contributed by atoms with E-state index in [1.165, 1.54) is 0 Å². The highest BCUT2D eigenvalue weighted by atomic mass is 31.1. The summed E-state index contributed by atoms with van der Waals surface area (Å²) in [6.45, 7) is 0.858. The molecule has 0 aliphatic carbocycles. The molecule has 0 spiro atoms. The van der Waals surface area contributed by atoms with Crippen LogP contribution in [-0.4, -0.2) is 33.4 Å². The van der Waals surface area contributed by atoms with Crippen LogP contribution in [0, 0.1) is 0 Å². The molecule has 0 radical (unpaired) electrons. The summed E-state index contributed by atoms with van der Waals surface area (Å²) < 4.78 is 8.74.